The summed E-state index contributed by atoms with van der Waals surface area (Å²) in [5.41, 5.74) is -0.385. The fraction of sp³-hybridized carbons (Fsp3) is 0.805. The molecule has 10 aliphatic carbocycles. The van der Waals surface area contributed by atoms with Gasteiger partial charge >= 0.3 is 23.9 Å². The molecule has 8 heteroatoms. The van der Waals surface area contributed by atoms with Gasteiger partial charge in [0.1, 0.15) is 11.2 Å². The monoisotopic (exact) mass is 676 g/mol. The van der Waals surface area contributed by atoms with Crippen LogP contribution >= 0.6 is 0 Å². The molecule has 0 N–H and O–H groups in total. The molecule has 4 atom stereocenters. The van der Waals surface area contributed by atoms with Crippen molar-refractivity contribution in [2.75, 3.05) is 13.2 Å². The third kappa shape index (κ3) is 5.51. The summed E-state index contributed by atoms with van der Waals surface area (Å²) in [7, 11) is 0. The van der Waals surface area contributed by atoms with Crippen molar-refractivity contribution in [3.63, 3.8) is 0 Å². The SMILES string of the molecule is C=CC(=O)OCC(=O)OC1(C2CCC(C34CC5CC(C3)C(OC(=O)COC(=O)C(=C)C)(C3CCCC3)C(C5)C4)C2)C2CC3CC(C2)CC1C3. The Balaban J connectivity index is 1.03. The second kappa shape index (κ2) is 12.5. The van der Waals surface area contributed by atoms with Gasteiger partial charge in [0, 0.05) is 23.5 Å². The van der Waals surface area contributed by atoms with E-state index in [-0.39, 0.29) is 24.2 Å². The van der Waals surface area contributed by atoms with Crippen molar-refractivity contribution in [1.29, 1.82) is 0 Å². The fourth-order valence-corrected chi connectivity index (χ4v) is 14.5. The first-order chi connectivity index (χ1) is 23.5. The van der Waals surface area contributed by atoms with Crippen molar-refractivity contribution >= 4 is 23.9 Å². The van der Waals surface area contributed by atoms with E-state index in [4.69, 9.17) is 18.9 Å². The summed E-state index contributed by atoms with van der Waals surface area (Å²) in [5, 5.41) is 0. The van der Waals surface area contributed by atoms with Gasteiger partial charge in [0.15, 0.2) is 13.2 Å². The molecule has 0 spiro atoms. The topological polar surface area (TPSA) is 105 Å². The standard InChI is InChI=1S/C41H56O8/c1-4-35(42)46-22-36(43)49-41(31-12-25-11-26(14-31)15-32(41)13-25)30-10-9-29(18-30)39-19-27-16-33(20-39)40(34(17-27)21-39,28-7-5-6-8-28)48-37(44)23-47-38(45)24(2)3/h4,25-34H,1-2,5-23H2,3H3. The first-order valence-electron chi connectivity index (χ1n) is 19.6. The molecule has 10 rings (SSSR count). The van der Waals surface area contributed by atoms with E-state index in [1.807, 2.05) is 0 Å². The molecule has 0 aromatic heterocycles. The van der Waals surface area contributed by atoms with Gasteiger partial charge in [0.05, 0.1) is 0 Å². The van der Waals surface area contributed by atoms with Crippen molar-refractivity contribution in [3.8, 4) is 0 Å². The summed E-state index contributed by atoms with van der Waals surface area (Å²) >= 11 is 0. The van der Waals surface area contributed by atoms with Crippen LogP contribution in [-0.2, 0) is 38.1 Å². The van der Waals surface area contributed by atoms with Crippen LogP contribution in [0.2, 0.25) is 0 Å². The Labute approximate surface area is 291 Å². The molecule has 8 bridgehead atoms. The molecule has 0 heterocycles. The highest BCUT2D eigenvalue weighted by atomic mass is 16.6. The lowest BCUT2D eigenvalue weighted by Gasteiger charge is -2.67. The molecule has 0 aromatic carbocycles. The number of carbonyl (C=O) groups excluding carboxylic acids is 4. The highest BCUT2D eigenvalue weighted by Gasteiger charge is 2.70. The van der Waals surface area contributed by atoms with Gasteiger partial charge in [-0.05, 0) is 156 Å². The summed E-state index contributed by atoms with van der Waals surface area (Å²) in [6.07, 6.45) is 20.7. The first-order valence-corrected chi connectivity index (χ1v) is 19.6. The first kappa shape index (κ1) is 33.5. The third-order valence-corrected chi connectivity index (χ3v) is 15.6. The number of ether oxygens (including phenoxy) is 4. The lowest BCUT2D eigenvalue weighted by Crippen LogP contribution is -2.66. The zero-order valence-electron chi connectivity index (χ0n) is 29.5. The highest BCUT2D eigenvalue weighted by molar-refractivity contribution is 5.88. The Kier molecular flexibility index (Phi) is 8.58. The number of carbonyl (C=O) groups is 4. The molecule has 10 saturated carbocycles. The molecular formula is C41H56O8. The second-order valence-corrected chi connectivity index (χ2v) is 18.0. The van der Waals surface area contributed by atoms with E-state index < -0.39 is 35.1 Å². The maximum Gasteiger partial charge on any atom is 0.344 e. The van der Waals surface area contributed by atoms with Gasteiger partial charge in [-0.25, -0.2) is 19.2 Å². The molecule has 4 unspecified atom stereocenters. The molecule has 0 saturated heterocycles. The lowest BCUT2D eigenvalue weighted by molar-refractivity contribution is -0.254. The van der Waals surface area contributed by atoms with Gasteiger partial charge < -0.3 is 18.9 Å². The summed E-state index contributed by atoms with van der Waals surface area (Å²) in [4.78, 5) is 50.8. The minimum Gasteiger partial charge on any atom is -0.456 e. The Bertz CT molecular complexity index is 1350. The van der Waals surface area contributed by atoms with E-state index in [9.17, 15) is 19.2 Å². The van der Waals surface area contributed by atoms with E-state index in [0.29, 0.717) is 47.3 Å². The number of rotatable bonds is 11. The van der Waals surface area contributed by atoms with Gasteiger partial charge in [-0.3, -0.25) is 0 Å². The molecular weight excluding hydrogens is 620 g/mol. The maximum absolute atomic E-state index is 13.4. The molecule has 8 nitrogen and oxygen atoms in total. The zero-order chi connectivity index (χ0) is 34.1. The van der Waals surface area contributed by atoms with E-state index in [1.165, 1.54) is 32.1 Å². The van der Waals surface area contributed by atoms with Crippen LogP contribution < -0.4 is 0 Å². The Morgan fingerprint density at radius 3 is 1.71 bits per heavy atom. The Morgan fingerprint density at radius 2 is 1.14 bits per heavy atom. The minimum absolute atomic E-state index is 0.239. The quantitative estimate of drug-likeness (QED) is 0.128. The number of esters is 4. The molecule has 0 aromatic rings. The van der Waals surface area contributed by atoms with Gasteiger partial charge in [0.2, 0.25) is 0 Å². The number of hydrogen-bond acceptors (Lipinski definition) is 8. The summed E-state index contributed by atoms with van der Waals surface area (Å²) in [5.74, 6) is 2.99. The Hall–Kier alpha value is -2.64. The van der Waals surface area contributed by atoms with E-state index >= 15 is 0 Å². The van der Waals surface area contributed by atoms with Gasteiger partial charge in [-0.15, -0.1) is 0 Å². The molecule has 10 fully saturated rings. The molecule has 49 heavy (non-hydrogen) atoms. The smallest absolute Gasteiger partial charge is 0.344 e. The van der Waals surface area contributed by atoms with Crippen molar-refractivity contribution in [2.24, 2.45) is 64.6 Å². The van der Waals surface area contributed by atoms with E-state index in [2.05, 4.69) is 13.2 Å². The summed E-state index contributed by atoms with van der Waals surface area (Å²) in [6.45, 7) is 8.01. The van der Waals surface area contributed by atoms with Crippen LogP contribution in [0.25, 0.3) is 0 Å². The Morgan fingerprint density at radius 1 is 0.612 bits per heavy atom. The normalized spacial score (nSPS) is 44.5. The van der Waals surface area contributed by atoms with Crippen LogP contribution in [0.15, 0.2) is 24.8 Å². The van der Waals surface area contributed by atoms with Crippen LogP contribution in [0.1, 0.15) is 116 Å². The summed E-state index contributed by atoms with van der Waals surface area (Å²) in [6, 6.07) is 0. The van der Waals surface area contributed by atoms with Gasteiger partial charge in [-0.1, -0.05) is 26.0 Å². The predicted molar refractivity (Wildman–Crippen MR) is 180 cm³/mol. The van der Waals surface area contributed by atoms with Crippen molar-refractivity contribution < 1.29 is 38.1 Å². The van der Waals surface area contributed by atoms with E-state index in [0.717, 1.165) is 95.0 Å². The molecule has 268 valence electrons. The lowest BCUT2D eigenvalue weighted by atomic mass is 9.40. The molecule has 0 amide bonds. The molecule has 10 aliphatic rings. The molecule has 0 radical (unpaired) electrons. The minimum atomic E-state index is -0.592. The largest absolute Gasteiger partial charge is 0.456 e. The average molecular weight is 677 g/mol. The van der Waals surface area contributed by atoms with Gasteiger partial charge in [-0.2, -0.15) is 0 Å². The second-order valence-electron chi connectivity index (χ2n) is 18.0. The van der Waals surface area contributed by atoms with Crippen molar-refractivity contribution in [2.45, 2.75) is 127 Å². The molecule has 0 aliphatic heterocycles. The van der Waals surface area contributed by atoms with Crippen LogP contribution in [0, 0.1) is 64.6 Å². The van der Waals surface area contributed by atoms with Crippen molar-refractivity contribution in [1.82, 2.24) is 0 Å². The predicted octanol–water partition coefficient (Wildman–Crippen LogP) is 7.29. The third-order valence-electron chi connectivity index (χ3n) is 15.6. The zero-order valence-corrected chi connectivity index (χ0v) is 29.5. The summed E-state index contributed by atoms with van der Waals surface area (Å²) < 4.78 is 23.8. The van der Waals surface area contributed by atoms with Crippen LogP contribution in [0.3, 0.4) is 0 Å². The highest BCUT2D eigenvalue weighted by Crippen LogP contribution is 2.72. The van der Waals surface area contributed by atoms with Crippen LogP contribution in [-0.4, -0.2) is 48.3 Å². The fourth-order valence-electron chi connectivity index (χ4n) is 14.5. The van der Waals surface area contributed by atoms with Crippen LogP contribution in [0.4, 0.5) is 0 Å². The van der Waals surface area contributed by atoms with Gasteiger partial charge in [0.25, 0.3) is 0 Å². The van der Waals surface area contributed by atoms with Crippen LogP contribution in [0.5, 0.6) is 0 Å². The number of hydrogen-bond donors (Lipinski definition) is 0. The maximum atomic E-state index is 13.4. The van der Waals surface area contributed by atoms with E-state index in [1.54, 1.807) is 6.92 Å². The van der Waals surface area contributed by atoms with Crippen molar-refractivity contribution in [3.05, 3.63) is 24.8 Å². The average Bonchev–Trinajstić information content (AvgIpc) is 3.80.